The molecule has 0 aromatic rings. The lowest BCUT2D eigenvalue weighted by Gasteiger charge is -2.26. The predicted molar refractivity (Wildman–Crippen MR) is 75.8 cm³/mol. The van der Waals surface area contributed by atoms with Crippen molar-refractivity contribution in [1.29, 1.82) is 0 Å². The van der Waals surface area contributed by atoms with Crippen molar-refractivity contribution in [2.75, 3.05) is 0 Å². The molecule has 0 spiro atoms. The quantitative estimate of drug-likeness (QED) is 0.633. The Kier molecular flexibility index (Phi) is 3.42. The van der Waals surface area contributed by atoms with Gasteiger partial charge in [-0.25, -0.2) is 0 Å². The van der Waals surface area contributed by atoms with E-state index in [2.05, 4.69) is 58.9 Å². The molecule has 0 amide bonds. The average Bonchev–Trinajstić information content (AvgIpc) is 2.69. The second-order valence-electron chi connectivity index (χ2n) is 5.82. The van der Waals surface area contributed by atoms with Gasteiger partial charge >= 0.3 is 0 Å². The van der Waals surface area contributed by atoms with Gasteiger partial charge in [0.25, 0.3) is 0 Å². The smallest absolute Gasteiger partial charge is 0.0240 e. The minimum absolute atomic E-state index is 0.562. The number of hydrogen-bond donors (Lipinski definition) is 0. The molecule has 2 aliphatic carbocycles. The van der Waals surface area contributed by atoms with Crippen molar-refractivity contribution in [2.24, 2.45) is 17.8 Å². The lowest BCUT2D eigenvalue weighted by atomic mass is 9.79. The van der Waals surface area contributed by atoms with Crippen LogP contribution in [0.2, 0.25) is 0 Å². The lowest BCUT2D eigenvalue weighted by Crippen LogP contribution is -2.13. The fourth-order valence-corrected chi connectivity index (χ4v) is 2.68. The molecule has 0 fully saturated rings. The molecule has 92 valence electrons. The van der Waals surface area contributed by atoms with Crippen LogP contribution in [-0.2, 0) is 0 Å². The maximum absolute atomic E-state index is 2.45. The van der Waals surface area contributed by atoms with Crippen molar-refractivity contribution in [3.8, 4) is 0 Å². The molecule has 0 saturated heterocycles. The van der Waals surface area contributed by atoms with E-state index in [1.165, 1.54) is 16.7 Å². The zero-order chi connectivity index (χ0) is 12.6. The molecule has 0 radical (unpaired) electrons. The molecule has 0 saturated carbocycles. The van der Waals surface area contributed by atoms with Crippen LogP contribution in [0.1, 0.15) is 41.0 Å². The molecule has 2 aliphatic rings. The third kappa shape index (κ3) is 2.31. The zero-order valence-electron chi connectivity index (χ0n) is 11.7. The van der Waals surface area contributed by atoms with Crippen molar-refractivity contribution in [3.05, 3.63) is 46.6 Å². The van der Waals surface area contributed by atoms with Crippen molar-refractivity contribution in [1.82, 2.24) is 0 Å². The summed E-state index contributed by atoms with van der Waals surface area (Å²) in [5, 5.41) is 0. The molecular weight excluding hydrogens is 204 g/mol. The van der Waals surface area contributed by atoms with E-state index in [0.717, 1.165) is 6.42 Å². The van der Waals surface area contributed by atoms with Gasteiger partial charge in [0.2, 0.25) is 0 Å². The Balaban J connectivity index is 2.42. The Labute approximate surface area is 106 Å². The molecule has 0 nitrogen and oxygen atoms in total. The highest BCUT2D eigenvalue weighted by Crippen LogP contribution is 2.40. The Morgan fingerprint density at radius 1 is 1.00 bits per heavy atom. The van der Waals surface area contributed by atoms with E-state index < -0.39 is 0 Å². The molecular formula is C17H24. The molecule has 0 aromatic heterocycles. The van der Waals surface area contributed by atoms with Gasteiger partial charge in [-0.3, -0.25) is 0 Å². The standard InChI is InChI=1S/C17H24/c1-6-13-7-15-9-14(11(2)3)10-16(12(4)5)17(15)8-13/h7-12,17H,6H2,1-5H3. The largest absolute Gasteiger partial charge is 0.0697 e. The van der Waals surface area contributed by atoms with E-state index in [1.54, 1.807) is 5.57 Å². The van der Waals surface area contributed by atoms with Gasteiger partial charge in [-0.05, 0) is 29.4 Å². The second kappa shape index (κ2) is 4.68. The summed E-state index contributed by atoms with van der Waals surface area (Å²) < 4.78 is 0. The first kappa shape index (κ1) is 12.4. The van der Waals surface area contributed by atoms with Crippen LogP contribution in [0.25, 0.3) is 0 Å². The van der Waals surface area contributed by atoms with E-state index in [1.807, 2.05) is 0 Å². The van der Waals surface area contributed by atoms with Crippen LogP contribution in [0.3, 0.4) is 0 Å². The first-order valence-corrected chi connectivity index (χ1v) is 6.88. The van der Waals surface area contributed by atoms with Crippen LogP contribution in [0, 0.1) is 17.8 Å². The summed E-state index contributed by atoms with van der Waals surface area (Å²) in [6.45, 7) is 11.4. The summed E-state index contributed by atoms with van der Waals surface area (Å²) in [6, 6.07) is 0. The summed E-state index contributed by atoms with van der Waals surface area (Å²) in [4.78, 5) is 0. The second-order valence-corrected chi connectivity index (χ2v) is 5.82. The minimum atomic E-state index is 0.562. The van der Waals surface area contributed by atoms with Gasteiger partial charge in [0.1, 0.15) is 0 Å². The Bertz CT molecular complexity index is 425. The topological polar surface area (TPSA) is 0 Å². The molecule has 0 aliphatic heterocycles. The van der Waals surface area contributed by atoms with Gasteiger partial charge < -0.3 is 0 Å². The number of hydrogen-bond acceptors (Lipinski definition) is 0. The highest BCUT2D eigenvalue weighted by Gasteiger charge is 2.26. The van der Waals surface area contributed by atoms with Gasteiger partial charge in [0, 0.05) is 5.92 Å². The van der Waals surface area contributed by atoms with Crippen LogP contribution >= 0.6 is 0 Å². The first-order valence-electron chi connectivity index (χ1n) is 6.88. The van der Waals surface area contributed by atoms with E-state index in [0.29, 0.717) is 17.8 Å². The molecule has 0 N–H and O–H groups in total. The highest BCUT2D eigenvalue weighted by molar-refractivity contribution is 5.53. The fraction of sp³-hybridized carbons (Fsp3) is 0.529. The normalized spacial score (nSPS) is 23.4. The van der Waals surface area contributed by atoms with E-state index in [-0.39, 0.29) is 0 Å². The van der Waals surface area contributed by atoms with Crippen LogP contribution < -0.4 is 0 Å². The lowest BCUT2D eigenvalue weighted by molar-refractivity contribution is 0.669. The minimum Gasteiger partial charge on any atom is -0.0697 e. The van der Waals surface area contributed by atoms with Gasteiger partial charge in [0.15, 0.2) is 0 Å². The van der Waals surface area contributed by atoms with Gasteiger partial charge in [-0.2, -0.15) is 0 Å². The molecule has 0 heterocycles. The van der Waals surface area contributed by atoms with Crippen LogP contribution in [-0.4, -0.2) is 0 Å². The third-order valence-corrected chi connectivity index (χ3v) is 3.86. The summed E-state index contributed by atoms with van der Waals surface area (Å²) in [5.74, 6) is 1.82. The van der Waals surface area contributed by atoms with E-state index >= 15 is 0 Å². The zero-order valence-corrected chi connectivity index (χ0v) is 11.7. The molecule has 2 rings (SSSR count). The van der Waals surface area contributed by atoms with Crippen LogP contribution in [0.5, 0.6) is 0 Å². The molecule has 0 heteroatoms. The summed E-state index contributed by atoms with van der Waals surface area (Å²) in [7, 11) is 0. The van der Waals surface area contributed by atoms with Crippen molar-refractivity contribution >= 4 is 0 Å². The van der Waals surface area contributed by atoms with Gasteiger partial charge in [-0.15, -0.1) is 0 Å². The maximum atomic E-state index is 2.45. The number of allylic oxidation sites excluding steroid dienone is 8. The molecule has 17 heavy (non-hydrogen) atoms. The van der Waals surface area contributed by atoms with E-state index in [9.17, 15) is 0 Å². The van der Waals surface area contributed by atoms with Gasteiger partial charge in [0.05, 0.1) is 0 Å². The first-order chi connectivity index (χ1) is 8.02. The average molecular weight is 228 g/mol. The number of fused-ring (bicyclic) bond motifs is 1. The Hall–Kier alpha value is -1.04. The van der Waals surface area contributed by atoms with Crippen molar-refractivity contribution in [2.45, 2.75) is 41.0 Å². The maximum Gasteiger partial charge on any atom is 0.0240 e. The predicted octanol–water partition coefficient (Wildman–Crippen LogP) is 5.06. The van der Waals surface area contributed by atoms with Crippen LogP contribution in [0.4, 0.5) is 0 Å². The molecule has 0 bridgehead atoms. The SMILES string of the molecule is CCC1=CC2C(=C1)C=C(C(C)C)C=C2C(C)C. The highest BCUT2D eigenvalue weighted by atomic mass is 14.3. The fourth-order valence-electron chi connectivity index (χ4n) is 2.68. The molecule has 0 aromatic carbocycles. The monoisotopic (exact) mass is 228 g/mol. The Morgan fingerprint density at radius 3 is 2.24 bits per heavy atom. The summed E-state index contributed by atoms with van der Waals surface area (Å²) >= 11 is 0. The summed E-state index contributed by atoms with van der Waals surface area (Å²) in [6.07, 6.45) is 10.8. The molecule has 1 unspecified atom stereocenters. The number of rotatable bonds is 3. The van der Waals surface area contributed by atoms with Crippen LogP contribution in [0.15, 0.2) is 46.6 Å². The van der Waals surface area contributed by atoms with E-state index in [4.69, 9.17) is 0 Å². The van der Waals surface area contributed by atoms with Gasteiger partial charge in [-0.1, -0.05) is 70.1 Å². The summed E-state index contributed by atoms with van der Waals surface area (Å²) in [5.41, 5.74) is 6.09. The molecule has 1 atom stereocenters. The third-order valence-electron chi connectivity index (χ3n) is 3.86. The van der Waals surface area contributed by atoms with Crippen molar-refractivity contribution < 1.29 is 0 Å². The Morgan fingerprint density at radius 2 is 1.71 bits per heavy atom. The van der Waals surface area contributed by atoms with Crippen molar-refractivity contribution in [3.63, 3.8) is 0 Å².